The number of nitrogens with zero attached hydrogens (tertiary/aromatic N) is 3. The molecule has 0 saturated heterocycles. The molecule has 0 bridgehead atoms. The van der Waals surface area contributed by atoms with Crippen molar-refractivity contribution in [1.29, 1.82) is 0 Å². The molecule has 0 aliphatic rings. The normalized spacial score (nSPS) is 9.97. The van der Waals surface area contributed by atoms with E-state index in [-0.39, 0.29) is 47.9 Å². The Morgan fingerprint density at radius 2 is 2.00 bits per heavy atom. The van der Waals surface area contributed by atoms with Crippen molar-refractivity contribution in [1.82, 2.24) is 20.0 Å². The first-order chi connectivity index (χ1) is 12.8. The fourth-order valence-electron chi connectivity index (χ4n) is 2.25. The van der Waals surface area contributed by atoms with E-state index >= 15 is 0 Å². The highest BCUT2D eigenvalue weighted by Crippen LogP contribution is 2.29. The minimum Gasteiger partial charge on any atom is -0.496 e. The van der Waals surface area contributed by atoms with Crippen molar-refractivity contribution in [2.45, 2.75) is 6.54 Å². The molecule has 162 valence electrons. The zero-order valence-corrected chi connectivity index (χ0v) is 18.7. The van der Waals surface area contributed by atoms with Crippen LogP contribution in [0.1, 0.15) is 10.4 Å². The van der Waals surface area contributed by atoms with Crippen LogP contribution in [0.3, 0.4) is 0 Å². The summed E-state index contributed by atoms with van der Waals surface area (Å²) in [5.74, 6) is -0.282. The Morgan fingerprint density at radius 3 is 2.62 bits per heavy atom. The van der Waals surface area contributed by atoms with E-state index in [1.165, 1.54) is 30.1 Å². The molecule has 4 N–H and O–H groups in total. The molecule has 0 unspecified atom stereocenters. The number of methoxy groups -OCH3 is 1. The van der Waals surface area contributed by atoms with E-state index in [1.807, 2.05) is 19.0 Å². The largest absolute Gasteiger partial charge is 0.496 e. The number of amides is 2. The van der Waals surface area contributed by atoms with Crippen LogP contribution in [0.4, 0.5) is 11.4 Å². The maximum Gasteiger partial charge on any atom is 0.259 e. The van der Waals surface area contributed by atoms with Gasteiger partial charge < -0.3 is 26.0 Å². The van der Waals surface area contributed by atoms with Gasteiger partial charge >= 0.3 is 0 Å². The van der Waals surface area contributed by atoms with Gasteiger partial charge in [0.15, 0.2) is 0 Å². The van der Waals surface area contributed by atoms with E-state index < -0.39 is 5.91 Å². The van der Waals surface area contributed by atoms with Gasteiger partial charge in [-0.2, -0.15) is 5.10 Å². The van der Waals surface area contributed by atoms with E-state index in [4.69, 9.17) is 22.1 Å². The molecule has 0 radical (unpaired) electrons. The molecule has 0 fully saturated rings. The maximum absolute atomic E-state index is 12.5. The molecule has 0 atom stereocenters. The summed E-state index contributed by atoms with van der Waals surface area (Å²) in [4.78, 5) is 26.3. The van der Waals surface area contributed by atoms with Gasteiger partial charge in [-0.25, -0.2) is 0 Å². The van der Waals surface area contributed by atoms with E-state index in [9.17, 15) is 9.59 Å². The number of anilines is 2. The first-order valence-corrected chi connectivity index (χ1v) is 8.56. The molecule has 2 rings (SSSR count). The van der Waals surface area contributed by atoms with Gasteiger partial charge in [-0.1, -0.05) is 11.6 Å². The van der Waals surface area contributed by atoms with Crippen LogP contribution in [-0.4, -0.2) is 60.8 Å². The van der Waals surface area contributed by atoms with E-state index in [0.29, 0.717) is 23.7 Å². The van der Waals surface area contributed by atoms with E-state index in [1.54, 1.807) is 6.20 Å². The van der Waals surface area contributed by atoms with Crippen LogP contribution >= 0.6 is 36.4 Å². The molecule has 0 aliphatic carbocycles. The fraction of sp³-hybridized carbons (Fsp3) is 0.353. The van der Waals surface area contributed by atoms with Gasteiger partial charge in [-0.05, 0) is 20.2 Å². The first-order valence-electron chi connectivity index (χ1n) is 8.18. The minimum absolute atomic E-state index is 0. The lowest BCUT2D eigenvalue weighted by Crippen LogP contribution is -2.33. The molecule has 1 aromatic heterocycles. The van der Waals surface area contributed by atoms with Crippen LogP contribution in [0, 0.1) is 0 Å². The highest BCUT2D eigenvalue weighted by Gasteiger charge is 2.16. The Bertz CT molecular complexity index is 829. The summed E-state index contributed by atoms with van der Waals surface area (Å²) in [5, 5.41) is 9.81. The minimum atomic E-state index is -0.427. The van der Waals surface area contributed by atoms with Gasteiger partial charge in [0.2, 0.25) is 5.91 Å². The Kier molecular flexibility index (Phi) is 11.4. The number of nitrogens with one attached hydrogen (secondary N) is 2. The van der Waals surface area contributed by atoms with E-state index in [2.05, 4.69) is 15.7 Å². The van der Waals surface area contributed by atoms with Gasteiger partial charge in [0.1, 0.15) is 12.3 Å². The highest BCUT2D eigenvalue weighted by molar-refractivity contribution is 6.33. The van der Waals surface area contributed by atoms with Gasteiger partial charge in [0, 0.05) is 25.4 Å². The second-order valence-electron chi connectivity index (χ2n) is 6.11. The number of hydrogen-bond acceptors (Lipinski definition) is 6. The summed E-state index contributed by atoms with van der Waals surface area (Å²) in [6.45, 7) is 1.35. The third-order valence-electron chi connectivity index (χ3n) is 3.64. The summed E-state index contributed by atoms with van der Waals surface area (Å²) < 4.78 is 6.61. The molecule has 12 heteroatoms. The van der Waals surface area contributed by atoms with Crippen LogP contribution in [0.5, 0.6) is 5.75 Å². The van der Waals surface area contributed by atoms with Crippen LogP contribution in [0.15, 0.2) is 24.5 Å². The topological polar surface area (TPSA) is 115 Å². The standard InChI is InChI=1S/C17H23ClN6O3.2ClH/c1-23(2)5-4-20-16(25)10-24-9-11(8-21-24)22-17(26)12-6-13(18)14(19)7-15(12)27-3;;/h6-9H,4-5,10,19H2,1-3H3,(H,20,25)(H,22,26);2*1H. The lowest BCUT2D eigenvalue weighted by atomic mass is 10.1. The van der Waals surface area contributed by atoms with Gasteiger partial charge in [-0.3, -0.25) is 14.3 Å². The number of nitrogens with two attached hydrogens (primary N) is 1. The summed E-state index contributed by atoms with van der Waals surface area (Å²) in [6.07, 6.45) is 3.02. The summed E-state index contributed by atoms with van der Waals surface area (Å²) in [5.41, 5.74) is 6.72. The average molecular weight is 468 g/mol. The predicted molar refractivity (Wildman–Crippen MR) is 119 cm³/mol. The second kappa shape index (κ2) is 12.4. The molecular weight excluding hydrogens is 443 g/mol. The van der Waals surface area contributed by atoms with Crippen LogP contribution < -0.4 is 21.1 Å². The van der Waals surface area contributed by atoms with Crippen molar-refractivity contribution in [3.8, 4) is 5.75 Å². The number of carbonyl (C=O) groups excluding carboxylic acids is 2. The molecule has 2 aromatic rings. The number of aromatic nitrogens is 2. The van der Waals surface area contributed by atoms with Crippen molar-refractivity contribution >= 4 is 59.6 Å². The number of hydrogen-bond donors (Lipinski definition) is 3. The van der Waals surface area contributed by atoms with Crippen molar-refractivity contribution < 1.29 is 14.3 Å². The SMILES string of the molecule is COc1cc(N)c(Cl)cc1C(=O)Nc1cnn(CC(=O)NCCN(C)C)c1.Cl.Cl. The lowest BCUT2D eigenvalue weighted by Gasteiger charge is -2.10. The third-order valence-corrected chi connectivity index (χ3v) is 3.97. The number of carbonyl (C=O) groups is 2. The number of rotatable bonds is 8. The van der Waals surface area contributed by atoms with Crippen LogP contribution in [0.2, 0.25) is 5.02 Å². The molecule has 0 spiro atoms. The van der Waals surface area contributed by atoms with Crippen molar-refractivity contribution in [2.24, 2.45) is 0 Å². The van der Waals surface area contributed by atoms with Crippen LogP contribution in [-0.2, 0) is 11.3 Å². The van der Waals surface area contributed by atoms with Crippen molar-refractivity contribution in [3.05, 3.63) is 35.1 Å². The number of ether oxygens (including phenoxy) is 1. The molecule has 1 heterocycles. The Hall–Kier alpha value is -2.20. The number of nitrogen functional groups attached to an aromatic ring is 1. The smallest absolute Gasteiger partial charge is 0.259 e. The van der Waals surface area contributed by atoms with Gasteiger partial charge in [-0.15, -0.1) is 24.8 Å². The Labute approximate surface area is 186 Å². The first kappa shape index (κ1) is 26.8. The fourth-order valence-corrected chi connectivity index (χ4v) is 2.41. The average Bonchev–Trinajstić information content (AvgIpc) is 3.03. The van der Waals surface area contributed by atoms with Gasteiger partial charge in [0.25, 0.3) is 5.91 Å². The molecule has 2 amide bonds. The molecule has 0 aliphatic heterocycles. The Balaban J connectivity index is 0.00000392. The Morgan fingerprint density at radius 1 is 1.31 bits per heavy atom. The quantitative estimate of drug-likeness (QED) is 0.511. The molecule has 9 nitrogen and oxygen atoms in total. The summed E-state index contributed by atoms with van der Waals surface area (Å²) in [7, 11) is 5.29. The molecular formula is C17H25Cl3N6O3. The maximum atomic E-state index is 12.5. The predicted octanol–water partition coefficient (Wildman–Crippen LogP) is 1.90. The van der Waals surface area contributed by atoms with Gasteiger partial charge in [0.05, 0.1) is 35.3 Å². The monoisotopic (exact) mass is 466 g/mol. The molecule has 1 aromatic carbocycles. The zero-order valence-electron chi connectivity index (χ0n) is 16.3. The van der Waals surface area contributed by atoms with Crippen LogP contribution in [0.25, 0.3) is 0 Å². The molecule has 29 heavy (non-hydrogen) atoms. The summed E-state index contributed by atoms with van der Waals surface area (Å²) >= 11 is 5.99. The number of halogens is 3. The third kappa shape index (κ3) is 7.98. The number of benzene rings is 1. The summed E-state index contributed by atoms with van der Waals surface area (Å²) in [6, 6.07) is 2.92. The van der Waals surface area contributed by atoms with E-state index in [0.717, 1.165) is 6.54 Å². The van der Waals surface area contributed by atoms with Crippen molar-refractivity contribution in [3.63, 3.8) is 0 Å². The molecule has 0 saturated carbocycles. The van der Waals surface area contributed by atoms with Crippen molar-refractivity contribution in [2.75, 3.05) is 45.3 Å². The zero-order chi connectivity index (χ0) is 20.0. The lowest BCUT2D eigenvalue weighted by molar-refractivity contribution is -0.121. The highest BCUT2D eigenvalue weighted by atomic mass is 35.5. The number of likely N-dealkylation sites (N-methyl/N-ethyl adjacent to an activating group) is 1. The second-order valence-corrected chi connectivity index (χ2v) is 6.52.